The maximum Gasteiger partial charge on any atom is 0.158 e. The van der Waals surface area contributed by atoms with Gasteiger partial charge in [-0.05, 0) is 12.0 Å². The molecule has 0 aliphatic heterocycles. The van der Waals surface area contributed by atoms with E-state index in [-0.39, 0.29) is 0 Å². The fourth-order valence-corrected chi connectivity index (χ4v) is 1.93. The van der Waals surface area contributed by atoms with Gasteiger partial charge in [-0.3, -0.25) is 0 Å². The van der Waals surface area contributed by atoms with Crippen LogP contribution in [0.2, 0.25) is 5.15 Å². The Hall–Kier alpha value is -1.65. The van der Waals surface area contributed by atoms with Crippen molar-refractivity contribution in [3.8, 4) is 0 Å². The standard InChI is InChI=1S/C14H16ClN3O/c1-19-10-14-17-12(15)9-13(18-14)16-8-7-11-5-3-2-4-6-11/h2-6,9H,7-8,10H2,1H3,(H,16,17,18). The van der Waals surface area contributed by atoms with Gasteiger partial charge in [0.15, 0.2) is 5.82 Å². The third-order valence-electron chi connectivity index (χ3n) is 2.58. The Morgan fingerprint density at radius 3 is 2.74 bits per heavy atom. The van der Waals surface area contributed by atoms with Gasteiger partial charge in [0, 0.05) is 19.7 Å². The summed E-state index contributed by atoms with van der Waals surface area (Å²) < 4.78 is 5.00. The number of rotatable bonds is 6. The summed E-state index contributed by atoms with van der Waals surface area (Å²) in [6.45, 7) is 1.15. The zero-order valence-electron chi connectivity index (χ0n) is 10.8. The van der Waals surface area contributed by atoms with Crippen LogP contribution in [0.25, 0.3) is 0 Å². The fraction of sp³-hybridized carbons (Fsp3) is 0.286. The fourth-order valence-electron chi connectivity index (χ4n) is 1.73. The normalized spacial score (nSPS) is 10.4. The number of aromatic nitrogens is 2. The molecule has 0 saturated heterocycles. The molecule has 4 nitrogen and oxygen atoms in total. The summed E-state index contributed by atoms with van der Waals surface area (Å²) in [5.74, 6) is 1.31. The first-order chi connectivity index (χ1) is 9.28. The average molecular weight is 278 g/mol. The molecule has 0 unspecified atom stereocenters. The molecule has 2 aromatic rings. The zero-order chi connectivity index (χ0) is 13.5. The molecule has 1 aromatic carbocycles. The van der Waals surface area contributed by atoms with E-state index >= 15 is 0 Å². The van der Waals surface area contributed by atoms with Crippen LogP contribution in [0.1, 0.15) is 11.4 Å². The van der Waals surface area contributed by atoms with Gasteiger partial charge in [-0.1, -0.05) is 41.9 Å². The zero-order valence-corrected chi connectivity index (χ0v) is 11.5. The van der Waals surface area contributed by atoms with Crippen LogP contribution in [0.3, 0.4) is 0 Å². The molecule has 19 heavy (non-hydrogen) atoms. The van der Waals surface area contributed by atoms with E-state index in [1.54, 1.807) is 13.2 Å². The van der Waals surface area contributed by atoms with Gasteiger partial charge < -0.3 is 10.1 Å². The Labute approximate surface area is 117 Å². The van der Waals surface area contributed by atoms with Crippen molar-refractivity contribution in [3.05, 3.63) is 52.9 Å². The van der Waals surface area contributed by atoms with Crippen LogP contribution in [0, 0.1) is 0 Å². The van der Waals surface area contributed by atoms with Crippen molar-refractivity contribution >= 4 is 17.4 Å². The second kappa shape index (κ2) is 7.07. The molecule has 0 bridgehead atoms. The number of methoxy groups -OCH3 is 1. The van der Waals surface area contributed by atoms with Gasteiger partial charge >= 0.3 is 0 Å². The van der Waals surface area contributed by atoms with Crippen LogP contribution in [-0.2, 0) is 17.8 Å². The molecule has 0 radical (unpaired) electrons. The van der Waals surface area contributed by atoms with Crippen molar-refractivity contribution < 1.29 is 4.74 Å². The minimum absolute atomic E-state index is 0.355. The van der Waals surface area contributed by atoms with Crippen molar-refractivity contribution in [3.63, 3.8) is 0 Å². The molecule has 0 spiro atoms. The van der Waals surface area contributed by atoms with Crippen LogP contribution in [-0.4, -0.2) is 23.6 Å². The lowest BCUT2D eigenvalue weighted by Gasteiger charge is -2.07. The van der Waals surface area contributed by atoms with Gasteiger partial charge in [0.05, 0.1) is 0 Å². The third kappa shape index (κ3) is 4.50. The van der Waals surface area contributed by atoms with Gasteiger partial charge in [-0.2, -0.15) is 0 Å². The van der Waals surface area contributed by atoms with E-state index in [9.17, 15) is 0 Å². The molecule has 0 amide bonds. The first-order valence-corrected chi connectivity index (χ1v) is 6.46. The van der Waals surface area contributed by atoms with E-state index in [2.05, 4.69) is 27.4 Å². The Kier molecular flexibility index (Phi) is 5.12. The maximum atomic E-state index is 5.94. The van der Waals surface area contributed by atoms with Crippen LogP contribution < -0.4 is 5.32 Å². The molecule has 0 aliphatic rings. The Balaban J connectivity index is 1.92. The molecule has 2 rings (SSSR count). The Morgan fingerprint density at radius 2 is 2.00 bits per heavy atom. The highest BCUT2D eigenvalue weighted by atomic mass is 35.5. The van der Waals surface area contributed by atoms with Crippen LogP contribution in [0.5, 0.6) is 0 Å². The number of nitrogens with zero attached hydrogens (tertiary/aromatic N) is 2. The van der Waals surface area contributed by atoms with Gasteiger partial charge in [-0.25, -0.2) is 9.97 Å². The number of anilines is 1. The molecule has 1 heterocycles. The van der Waals surface area contributed by atoms with Crippen LogP contribution in [0.15, 0.2) is 36.4 Å². The predicted octanol–water partition coefficient (Wildman–Crippen LogP) is 2.93. The summed E-state index contributed by atoms with van der Waals surface area (Å²) in [4.78, 5) is 8.40. The Bertz CT molecular complexity index is 519. The smallest absolute Gasteiger partial charge is 0.158 e. The largest absolute Gasteiger partial charge is 0.377 e. The molecule has 5 heteroatoms. The van der Waals surface area contributed by atoms with Gasteiger partial charge in [0.1, 0.15) is 17.6 Å². The molecule has 0 saturated carbocycles. The van der Waals surface area contributed by atoms with E-state index < -0.39 is 0 Å². The minimum atomic E-state index is 0.355. The van der Waals surface area contributed by atoms with Gasteiger partial charge in [0.25, 0.3) is 0 Å². The quantitative estimate of drug-likeness (QED) is 0.825. The summed E-state index contributed by atoms with van der Waals surface area (Å²) in [6, 6.07) is 12.0. The first kappa shape index (κ1) is 13.8. The lowest BCUT2D eigenvalue weighted by Crippen LogP contribution is -2.08. The highest BCUT2D eigenvalue weighted by molar-refractivity contribution is 6.29. The van der Waals surface area contributed by atoms with E-state index in [0.29, 0.717) is 17.6 Å². The van der Waals surface area contributed by atoms with Crippen molar-refractivity contribution in [1.29, 1.82) is 0 Å². The highest BCUT2D eigenvalue weighted by Gasteiger charge is 2.02. The molecule has 0 fully saturated rings. The molecule has 0 atom stereocenters. The van der Waals surface area contributed by atoms with Crippen molar-refractivity contribution in [1.82, 2.24) is 9.97 Å². The summed E-state index contributed by atoms with van der Waals surface area (Å²) >= 11 is 5.94. The summed E-state index contributed by atoms with van der Waals surface area (Å²) in [6.07, 6.45) is 0.933. The second-order valence-corrected chi connectivity index (χ2v) is 4.47. The van der Waals surface area contributed by atoms with Crippen molar-refractivity contribution in [2.45, 2.75) is 13.0 Å². The van der Waals surface area contributed by atoms with Crippen LogP contribution in [0.4, 0.5) is 5.82 Å². The van der Waals surface area contributed by atoms with Gasteiger partial charge in [-0.15, -0.1) is 0 Å². The summed E-state index contributed by atoms with van der Waals surface area (Å²) in [5, 5.41) is 3.66. The molecule has 1 N–H and O–H groups in total. The lowest BCUT2D eigenvalue weighted by molar-refractivity contribution is 0.178. The number of halogens is 1. The van der Waals surface area contributed by atoms with Crippen molar-refractivity contribution in [2.24, 2.45) is 0 Å². The first-order valence-electron chi connectivity index (χ1n) is 6.08. The lowest BCUT2D eigenvalue weighted by atomic mass is 10.1. The summed E-state index contributed by atoms with van der Waals surface area (Å²) in [7, 11) is 1.60. The average Bonchev–Trinajstić information content (AvgIpc) is 2.40. The number of benzene rings is 1. The maximum absolute atomic E-state index is 5.94. The number of ether oxygens (including phenoxy) is 1. The number of hydrogen-bond acceptors (Lipinski definition) is 4. The highest BCUT2D eigenvalue weighted by Crippen LogP contribution is 2.12. The minimum Gasteiger partial charge on any atom is -0.377 e. The molecular weight excluding hydrogens is 262 g/mol. The number of hydrogen-bond donors (Lipinski definition) is 1. The second-order valence-electron chi connectivity index (χ2n) is 4.09. The summed E-state index contributed by atoms with van der Waals surface area (Å²) in [5.41, 5.74) is 1.28. The monoisotopic (exact) mass is 277 g/mol. The van der Waals surface area contributed by atoms with E-state index in [1.807, 2.05) is 18.2 Å². The molecule has 1 aromatic heterocycles. The molecular formula is C14H16ClN3O. The van der Waals surface area contributed by atoms with E-state index in [1.165, 1.54) is 5.56 Å². The number of nitrogens with one attached hydrogen (secondary N) is 1. The molecule has 0 aliphatic carbocycles. The van der Waals surface area contributed by atoms with E-state index in [4.69, 9.17) is 16.3 Å². The third-order valence-corrected chi connectivity index (χ3v) is 2.77. The topological polar surface area (TPSA) is 47.0 Å². The SMILES string of the molecule is COCc1nc(Cl)cc(NCCc2ccccc2)n1. The van der Waals surface area contributed by atoms with Crippen LogP contribution >= 0.6 is 11.6 Å². The van der Waals surface area contributed by atoms with Crippen molar-refractivity contribution in [2.75, 3.05) is 19.0 Å². The van der Waals surface area contributed by atoms with Gasteiger partial charge in [0.2, 0.25) is 0 Å². The predicted molar refractivity (Wildman–Crippen MR) is 76.4 cm³/mol. The Morgan fingerprint density at radius 1 is 1.21 bits per heavy atom. The van der Waals surface area contributed by atoms with E-state index in [0.717, 1.165) is 18.8 Å². The molecule has 100 valence electrons.